The number of ether oxygens (including phenoxy) is 2. The average molecular weight is 173 g/mol. The summed E-state index contributed by atoms with van der Waals surface area (Å²) >= 11 is 0. The number of hydrogen-bond donors (Lipinski definition) is 1. The predicted octanol–water partition coefficient (Wildman–Crippen LogP) is -0.0752. The van der Waals surface area contributed by atoms with Gasteiger partial charge in [0, 0.05) is 6.54 Å². The summed E-state index contributed by atoms with van der Waals surface area (Å²) in [4.78, 5) is 11.1. The van der Waals surface area contributed by atoms with Gasteiger partial charge in [0.15, 0.2) is 0 Å². The Hall–Kier alpha value is -0.610. The third kappa shape index (κ3) is 1.95. The van der Waals surface area contributed by atoms with Gasteiger partial charge in [-0.3, -0.25) is 10.1 Å². The molecule has 0 aromatic carbocycles. The van der Waals surface area contributed by atoms with Gasteiger partial charge in [-0.25, -0.2) is 0 Å². The minimum atomic E-state index is -0.314. The first kappa shape index (κ1) is 9.48. The van der Waals surface area contributed by atoms with E-state index in [9.17, 15) is 4.79 Å². The minimum Gasteiger partial charge on any atom is -0.468 e. The molecule has 0 spiro atoms. The Balaban J connectivity index is 2.50. The summed E-state index contributed by atoms with van der Waals surface area (Å²) in [6.45, 7) is 4.53. The molecule has 0 amide bonds. The molecule has 1 aliphatic rings. The van der Waals surface area contributed by atoms with Gasteiger partial charge in [0.25, 0.3) is 0 Å². The van der Waals surface area contributed by atoms with Crippen LogP contribution < -0.4 is 5.32 Å². The zero-order valence-corrected chi connectivity index (χ0v) is 7.66. The van der Waals surface area contributed by atoms with Crippen molar-refractivity contribution in [3.63, 3.8) is 0 Å². The number of carbonyl (C=O) groups excluding carboxylic acids is 1. The van der Waals surface area contributed by atoms with Crippen molar-refractivity contribution in [2.24, 2.45) is 0 Å². The molecule has 0 aromatic heterocycles. The average Bonchev–Trinajstić information content (AvgIpc) is 2.03. The second kappa shape index (κ2) is 3.87. The van der Waals surface area contributed by atoms with Crippen LogP contribution in [-0.2, 0) is 14.3 Å². The lowest BCUT2D eigenvalue weighted by molar-refractivity contribution is -0.151. The molecule has 0 aliphatic carbocycles. The number of esters is 1. The van der Waals surface area contributed by atoms with E-state index in [1.54, 1.807) is 0 Å². The van der Waals surface area contributed by atoms with E-state index in [-0.39, 0.29) is 24.2 Å². The number of carbonyl (C=O) groups is 1. The van der Waals surface area contributed by atoms with Gasteiger partial charge in [0.1, 0.15) is 6.04 Å². The molecule has 1 heterocycles. The Morgan fingerprint density at radius 1 is 1.58 bits per heavy atom. The maximum atomic E-state index is 11.1. The van der Waals surface area contributed by atoms with Crippen LogP contribution in [0.3, 0.4) is 0 Å². The zero-order chi connectivity index (χ0) is 9.14. The molecule has 1 N–H and O–H groups in total. The maximum Gasteiger partial charge on any atom is 0.325 e. The van der Waals surface area contributed by atoms with Gasteiger partial charge >= 0.3 is 5.97 Å². The molecule has 1 fully saturated rings. The SMILES string of the molecule is COC(=O)C1NC[C@H](C)O[C@@H]1C. The fourth-order valence-corrected chi connectivity index (χ4v) is 1.35. The van der Waals surface area contributed by atoms with E-state index >= 15 is 0 Å². The second-order valence-corrected chi connectivity index (χ2v) is 3.06. The lowest BCUT2D eigenvalue weighted by atomic mass is 10.1. The predicted molar refractivity (Wildman–Crippen MR) is 43.8 cm³/mol. The third-order valence-corrected chi connectivity index (χ3v) is 2.00. The van der Waals surface area contributed by atoms with Crippen LogP contribution in [0.15, 0.2) is 0 Å². The highest BCUT2D eigenvalue weighted by atomic mass is 16.5. The van der Waals surface area contributed by atoms with Crippen LogP contribution in [0.5, 0.6) is 0 Å². The van der Waals surface area contributed by atoms with Crippen molar-refractivity contribution in [2.45, 2.75) is 32.1 Å². The van der Waals surface area contributed by atoms with Crippen molar-refractivity contribution in [3.05, 3.63) is 0 Å². The Labute approximate surface area is 72.2 Å². The highest BCUT2D eigenvalue weighted by molar-refractivity contribution is 5.76. The summed E-state index contributed by atoms with van der Waals surface area (Å²) in [6, 6.07) is -0.314. The largest absolute Gasteiger partial charge is 0.468 e. The maximum absolute atomic E-state index is 11.1. The summed E-state index contributed by atoms with van der Waals surface area (Å²) in [7, 11) is 1.38. The first-order chi connectivity index (χ1) is 5.65. The lowest BCUT2D eigenvalue weighted by Gasteiger charge is -2.32. The molecule has 1 saturated heterocycles. The quantitative estimate of drug-likeness (QED) is 0.564. The van der Waals surface area contributed by atoms with Gasteiger partial charge in [0.2, 0.25) is 0 Å². The number of morpholine rings is 1. The standard InChI is InChI=1S/C8H15NO3/c1-5-4-9-7(6(2)12-5)8(10)11-3/h5-7,9H,4H2,1-3H3/t5-,6+,7?/m0/s1. The topological polar surface area (TPSA) is 47.6 Å². The Bertz CT molecular complexity index is 172. The molecule has 70 valence electrons. The van der Waals surface area contributed by atoms with Crippen molar-refractivity contribution >= 4 is 5.97 Å². The molecule has 0 saturated carbocycles. The summed E-state index contributed by atoms with van der Waals surface area (Å²) in [5.41, 5.74) is 0. The molecule has 0 radical (unpaired) electrons. The van der Waals surface area contributed by atoms with Crippen LogP contribution in [0.4, 0.5) is 0 Å². The number of hydrogen-bond acceptors (Lipinski definition) is 4. The third-order valence-electron chi connectivity index (χ3n) is 2.00. The minimum absolute atomic E-state index is 0.110. The van der Waals surface area contributed by atoms with Crippen molar-refractivity contribution in [1.29, 1.82) is 0 Å². The molecule has 12 heavy (non-hydrogen) atoms. The molecule has 1 unspecified atom stereocenters. The smallest absolute Gasteiger partial charge is 0.325 e. The summed E-state index contributed by atoms with van der Waals surface area (Å²) in [5, 5.41) is 3.07. The van der Waals surface area contributed by atoms with E-state index in [1.807, 2.05) is 13.8 Å². The van der Waals surface area contributed by atoms with E-state index in [0.717, 1.165) is 0 Å². The monoisotopic (exact) mass is 173 g/mol. The summed E-state index contributed by atoms with van der Waals surface area (Å²) < 4.78 is 10.1. The Morgan fingerprint density at radius 2 is 2.25 bits per heavy atom. The first-order valence-corrected chi connectivity index (χ1v) is 4.12. The zero-order valence-electron chi connectivity index (χ0n) is 7.66. The Morgan fingerprint density at radius 3 is 2.75 bits per heavy atom. The van der Waals surface area contributed by atoms with Crippen molar-refractivity contribution in [2.75, 3.05) is 13.7 Å². The Kier molecular flexibility index (Phi) is 3.05. The van der Waals surface area contributed by atoms with Crippen LogP contribution in [0.2, 0.25) is 0 Å². The van der Waals surface area contributed by atoms with E-state index in [1.165, 1.54) is 7.11 Å². The number of rotatable bonds is 1. The molecule has 1 aliphatic heterocycles. The highest BCUT2D eigenvalue weighted by Crippen LogP contribution is 2.09. The van der Waals surface area contributed by atoms with E-state index < -0.39 is 0 Å². The molecular weight excluding hydrogens is 158 g/mol. The number of methoxy groups -OCH3 is 1. The molecular formula is C8H15NO3. The van der Waals surface area contributed by atoms with Crippen LogP contribution in [0, 0.1) is 0 Å². The molecule has 3 atom stereocenters. The first-order valence-electron chi connectivity index (χ1n) is 4.12. The fraction of sp³-hybridized carbons (Fsp3) is 0.875. The van der Waals surface area contributed by atoms with Crippen LogP contribution in [0.25, 0.3) is 0 Å². The highest BCUT2D eigenvalue weighted by Gasteiger charge is 2.31. The van der Waals surface area contributed by atoms with Crippen molar-refractivity contribution < 1.29 is 14.3 Å². The summed E-state index contributed by atoms with van der Waals surface area (Å²) in [6.07, 6.45) is 0.0575. The van der Waals surface area contributed by atoms with Gasteiger partial charge in [-0.2, -0.15) is 0 Å². The van der Waals surface area contributed by atoms with Crippen LogP contribution >= 0.6 is 0 Å². The molecule has 4 heteroatoms. The van der Waals surface area contributed by atoms with Crippen molar-refractivity contribution in [3.8, 4) is 0 Å². The van der Waals surface area contributed by atoms with E-state index in [2.05, 4.69) is 10.1 Å². The normalized spacial score (nSPS) is 36.1. The van der Waals surface area contributed by atoms with Gasteiger partial charge in [-0.05, 0) is 13.8 Å². The van der Waals surface area contributed by atoms with Crippen molar-refractivity contribution in [1.82, 2.24) is 5.32 Å². The summed E-state index contributed by atoms with van der Waals surface area (Å²) in [5.74, 6) is -0.255. The van der Waals surface area contributed by atoms with Gasteiger partial charge in [-0.1, -0.05) is 0 Å². The number of nitrogens with one attached hydrogen (secondary N) is 1. The van der Waals surface area contributed by atoms with E-state index in [0.29, 0.717) is 6.54 Å². The molecule has 0 aromatic rings. The molecule has 0 bridgehead atoms. The second-order valence-electron chi connectivity index (χ2n) is 3.06. The fourth-order valence-electron chi connectivity index (χ4n) is 1.35. The van der Waals surface area contributed by atoms with Gasteiger partial charge in [-0.15, -0.1) is 0 Å². The lowest BCUT2D eigenvalue weighted by Crippen LogP contribution is -2.54. The van der Waals surface area contributed by atoms with Crippen LogP contribution in [0.1, 0.15) is 13.8 Å². The molecule has 1 rings (SSSR count). The van der Waals surface area contributed by atoms with Gasteiger partial charge in [0.05, 0.1) is 19.3 Å². The van der Waals surface area contributed by atoms with Crippen LogP contribution in [-0.4, -0.2) is 37.9 Å². The van der Waals surface area contributed by atoms with Gasteiger partial charge < -0.3 is 9.47 Å². The van der Waals surface area contributed by atoms with E-state index in [4.69, 9.17) is 4.74 Å². The molecule has 4 nitrogen and oxygen atoms in total.